The first-order chi connectivity index (χ1) is 10.7. The van der Waals surface area contributed by atoms with Gasteiger partial charge in [0.25, 0.3) is 11.7 Å². The van der Waals surface area contributed by atoms with Crippen molar-refractivity contribution in [1.29, 1.82) is 0 Å². The molecule has 1 aromatic carbocycles. The molecule has 4 heteroatoms. The van der Waals surface area contributed by atoms with Gasteiger partial charge < -0.3 is 14.4 Å². The first kappa shape index (κ1) is 15.5. The summed E-state index contributed by atoms with van der Waals surface area (Å²) in [5, 5.41) is 0. The number of anilines is 1. The van der Waals surface area contributed by atoms with Gasteiger partial charge in [0.2, 0.25) is 0 Å². The molecule has 0 aliphatic carbocycles. The Bertz CT molecular complexity index is 549. The summed E-state index contributed by atoms with van der Waals surface area (Å²) < 4.78 is 11.6. The Kier molecular flexibility index (Phi) is 4.50. The van der Waals surface area contributed by atoms with Crippen LogP contribution in [0.4, 0.5) is 5.69 Å². The highest BCUT2D eigenvalue weighted by molar-refractivity contribution is 6.06. The van der Waals surface area contributed by atoms with Crippen LogP contribution in [0.5, 0.6) is 0 Å². The van der Waals surface area contributed by atoms with Gasteiger partial charge >= 0.3 is 0 Å². The van der Waals surface area contributed by atoms with Gasteiger partial charge in [0.15, 0.2) is 0 Å². The number of hydrogen-bond donors (Lipinski definition) is 0. The number of carbonyl (C=O) groups is 1. The van der Waals surface area contributed by atoms with Crippen LogP contribution in [-0.2, 0) is 26.5 Å². The standard InChI is InChI=1S/C18H25NO3/c1-3-5-7-14-8-9-16-15(13-14)18(21-11-12-22-18)17(20)19(16)10-6-4-2/h8-9,13H,3-7,10-12H2,1-2H3. The molecule has 22 heavy (non-hydrogen) atoms. The van der Waals surface area contributed by atoms with Crippen LogP contribution in [0.15, 0.2) is 18.2 Å². The Morgan fingerprint density at radius 1 is 1.14 bits per heavy atom. The maximum Gasteiger partial charge on any atom is 0.292 e. The molecule has 1 fully saturated rings. The zero-order valence-corrected chi connectivity index (χ0v) is 13.6. The second kappa shape index (κ2) is 6.39. The van der Waals surface area contributed by atoms with Crippen LogP contribution in [0, 0.1) is 0 Å². The molecule has 0 N–H and O–H groups in total. The summed E-state index contributed by atoms with van der Waals surface area (Å²) in [6.45, 7) is 6.00. The molecule has 2 aliphatic rings. The molecule has 0 saturated carbocycles. The maximum absolute atomic E-state index is 12.9. The number of unbranched alkanes of at least 4 members (excludes halogenated alkanes) is 2. The summed E-state index contributed by atoms with van der Waals surface area (Å²) in [5.74, 6) is -1.23. The number of carbonyl (C=O) groups excluding carboxylic acids is 1. The zero-order valence-electron chi connectivity index (χ0n) is 13.6. The lowest BCUT2D eigenvalue weighted by molar-refractivity contribution is -0.180. The van der Waals surface area contributed by atoms with Crippen molar-refractivity contribution in [2.24, 2.45) is 0 Å². The fourth-order valence-corrected chi connectivity index (χ4v) is 3.25. The lowest BCUT2D eigenvalue weighted by Gasteiger charge is -2.22. The summed E-state index contributed by atoms with van der Waals surface area (Å²) in [6, 6.07) is 6.31. The highest BCUT2D eigenvalue weighted by Gasteiger charge is 2.55. The Labute approximate surface area is 132 Å². The Balaban J connectivity index is 1.97. The van der Waals surface area contributed by atoms with Crippen molar-refractivity contribution in [2.45, 2.75) is 51.7 Å². The summed E-state index contributed by atoms with van der Waals surface area (Å²) in [7, 11) is 0. The van der Waals surface area contributed by atoms with Crippen molar-refractivity contribution in [3.63, 3.8) is 0 Å². The zero-order chi connectivity index (χ0) is 15.6. The van der Waals surface area contributed by atoms with Gasteiger partial charge in [-0.3, -0.25) is 4.79 Å². The summed E-state index contributed by atoms with van der Waals surface area (Å²) in [5.41, 5.74) is 3.12. The smallest absolute Gasteiger partial charge is 0.292 e. The van der Waals surface area contributed by atoms with Gasteiger partial charge in [-0.2, -0.15) is 0 Å². The van der Waals surface area contributed by atoms with E-state index in [1.54, 1.807) is 0 Å². The highest BCUT2D eigenvalue weighted by Crippen LogP contribution is 2.46. The third-order valence-corrected chi connectivity index (χ3v) is 4.48. The van der Waals surface area contributed by atoms with Gasteiger partial charge in [0.1, 0.15) is 0 Å². The Hall–Kier alpha value is -1.39. The van der Waals surface area contributed by atoms with E-state index in [-0.39, 0.29) is 5.91 Å². The van der Waals surface area contributed by atoms with Gasteiger partial charge in [-0.1, -0.05) is 32.8 Å². The van der Waals surface area contributed by atoms with E-state index in [1.807, 2.05) is 4.90 Å². The number of nitrogens with zero attached hydrogens (tertiary/aromatic N) is 1. The lowest BCUT2D eigenvalue weighted by Crippen LogP contribution is -2.41. The predicted octanol–water partition coefficient (Wildman–Crippen LogP) is 3.38. The average Bonchev–Trinajstić information content (AvgIpc) is 3.11. The quantitative estimate of drug-likeness (QED) is 0.808. The molecule has 4 nitrogen and oxygen atoms in total. The number of amides is 1. The molecule has 1 spiro atoms. The summed E-state index contributed by atoms with van der Waals surface area (Å²) in [4.78, 5) is 14.7. The minimum Gasteiger partial charge on any atom is -0.336 e. The predicted molar refractivity (Wildman–Crippen MR) is 85.9 cm³/mol. The summed E-state index contributed by atoms with van der Waals surface area (Å²) in [6.07, 6.45) is 5.39. The van der Waals surface area contributed by atoms with Crippen LogP contribution in [0.25, 0.3) is 0 Å². The van der Waals surface area contributed by atoms with Crippen LogP contribution >= 0.6 is 0 Å². The molecule has 2 heterocycles. The maximum atomic E-state index is 12.9. The van der Waals surface area contributed by atoms with Crippen LogP contribution < -0.4 is 4.90 Å². The molecule has 120 valence electrons. The number of ether oxygens (including phenoxy) is 2. The lowest BCUT2D eigenvalue weighted by atomic mass is 10.0. The third kappa shape index (κ3) is 2.44. The number of hydrogen-bond acceptors (Lipinski definition) is 3. The van der Waals surface area contributed by atoms with Crippen molar-refractivity contribution >= 4 is 11.6 Å². The number of fused-ring (bicyclic) bond motifs is 2. The second-order valence-electron chi connectivity index (χ2n) is 6.08. The molecule has 0 atom stereocenters. The number of aryl methyl sites for hydroxylation is 1. The normalized spacial score (nSPS) is 19.2. The van der Waals surface area contributed by atoms with Gasteiger partial charge in [-0.15, -0.1) is 0 Å². The van der Waals surface area contributed by atoms with Gasteiger partial charge in [-0.05, 0) is 37.0 Å². The van der Waals surface area contributed by atoms with E-state index in [1.165, 1.54) is 5.56 Å². The SMILES string of the molecule is CCCCc1ccc2c(c1)C1(OCCO1)C(=O)N2CCCC. The molecule has 1 aromatic rings. The van der Waals surface area contributed by atoms with Gasteiger partial charge in [-0.25, -0.2) is 0 Å². The fraction of sp³-hybridized carbons (Fsp3) is 0.611. The second-order valence-corrected chi connectivity index (χ2v) is 6.08. The van der Waals surface area contributed by atoms with Crippen LogP contribution in [0.1, 0.15) is 50.7 Å². The topological polar surface area (TPSA) is 38.8 Å². The molecule has 1 saturated heterocycles. The van der Waals surface area contributed by atoms with Crippen molar-refractivity contribution in [2.75, 3.05) is 24.7 Å². The first-order valence-corrected chi connectivity index (χ1v) is 8.46. The van der Waals surface area contributed by atoms with E-state index in [0.29, 0.717) is 13.2 Å². The monoisotopic (exact) mass is 303 g/mol. The van der Waals surface area contributed by atoms with Crippen molar-refractivity contribution in [3.8, 4) is 0 Å². The van der Waals surface area contributed by atoms with Gasteiger partial charge in [0, 0.05) is 12.1 Å². The van der Waals surface area contributed by atoms with Crippen LogP contribution in [0.2, 0.25) is 0 Å². The van der Waals surface area contributed by atoms with Gasteiger partial charge in [0.05, 0.1) is 18.9 Å². The highest BCUT2D eigenvalue weighted by atomic mass is 16.7. The fourth-order valence-electron chi connectivity index (χ4n) is 3.25. The molecule has 0 radical (unpaired) electrons. The van der Waals surface area contributed by atoms with E-state index in [0.717, 1.165) is 49.9 Å². The summed E-state index contributed by atoms with van der Waals surface area (Å²) >= 11 is 0. The molecule has 0 bridgehead atoms. The molecule has 1 amide bonds. The third-order valence-electron chi connectivity index (χ3n) is 4.48. The van der Waals surface area contributed by atoms with E-state index in [4.69, 9.17) is 9.47 Å². The van der Waals surface area contributed by atoms with Crippen molar-refractivity contribution in [3.05, 3.63) is 29.3 Å². The molecule has 3 rings (SSSR count). The molecule has 2 aliphatic heterocycles. The molecular formula is C18H25NO3. The average molecular weight is 303 g/mol. The van der Waals surface area contributed by atoms with E-state index >= 15 is 0 Å². The number of benzene rings is 1. The van der Waals surface area contributed by atoms with E-state index in [2.05, 4.69) is 32.0 Å². The van der Waals surface area contributed by atoms with Crippen LogP contribution in [-0.4, -0.2) is 25.7 Å². The van der Waals surface area contributed by atoms with Crippen molar-refractivity contribution < 1.29 is 14.3 Å². The van der Waals surface area contributed by atoms with Crippen LogP contribution in [0.3, 0.4) is 0 Å². The van der Waals surface area contributed by atoms with E-state index in [9.17, 15) is 4.79 Å². The molecule has 0 unspecified atom stereocenters. The largest absolute Gasteiger partial charge is 0.336 e. The van der Waals surface area contributed by atoms with E-state index < -0.39 is 5.79 Å². The Morgan fingerprint density at radius 2 is 1.86 bits per heavy atom. The minimum absolute atomic E-state index is 0.0545. The van der Waals surface area contributed by atoms with Crippen molar-refractivity contribution in [1.82, 2.24) is 0 Å². The number of rotatable bonds is 6. The first-order valence-electron chi connectivity index (χ1n) is 8.46. The molecular weight excluding hydrogens is 278 g/mol. The molecule has 0 aromatic heterocycles. The minimum atomic E-state index is -1.18. The Morgan fingerprint density at radius 3 is 2.55 bits per heavy atom.